The molecule has 0 saturated carbocycles. The Hall–Kier alpha value is -1.68. The first-order valence-electron chi connectivity index (χ1n) is 5.25. The van der Waals surface area contributed by atoms with Crippen molar-refractivity contribution in [3.63, 3.8) is 0 Å². The van der Waals surface area contributed by atoms with E-state index in [0.717, 1.165) is 24.3 Å². The summed E-state index contributed by atoms with van der Waals surface area (Å²) in [4.78, 5) is 4.40. The fraction of sp³-hybridized carbons (Fsp3) is 0.250. The average Bonchev–Trinajstić information content (AvgIpc) is 2.65. The maximum Gasteiger partial charge on any atom is 0.226 e. The van der Waals surface area contributed by atoms with E-state index in [1.807, 2.05) is 0 Å². The Morgan fingerprint density at radius 2 is 2.00 bits per heavy atom. The Morgan fingerprint density at radius 3 is 2.62 bits per heavy atom. The summed E-state index contributed by atoms with van der Waals surface area (Å²) >= 11 is 0. The lowest BCUT2D eigenvalue weighted by molar-refractivity contribution is 0.438. The average molecular weight is 218 g/mol. The highest BCUT2D eigenvalue weighted by Gasteiger charge is 2.22. The number of nitrogens with zero attached hydrogens (tertiary/aromatic N) is 1. The Kier molecular flexibility index (Phi) is 2.22. The van der Waals surface area contributed by atoms with Crippen LogP contribution in [-0.2, 0) is 0 Å². The van der Waals surface area contributed by atoms with Crippen LogP contribution in [0, 0.1) is 5.82 Å². The molecular weight excluding hydrogens is 207 g/mol. The minimum Gasteiger partial charge on any atom is -0.444 e. The number of hydrogen-bond acceptors (Lipinski definition) is 3. The summed E-state index contributed by atoms with van der Waals surface area (Å²) in [6, 6.07) is 6.15. The van der Waals surface area contributed by atoms with Crippen LogP contribution in [0.3, 0.4) is 0 Å². The minimum absolute atomic E-state index is 0.251. The lowest BCUT2D eigenvalue weighted by Crippen LogP contribution is -2.40. The van der Waals surface area contributed by atoms with E-state index in [0.29, 0.717) is 11.8 Å². The van der Waals surface area contributed by atoms with E-state index in [1.165, 1.54) is 12.1 Å². The molecular formula is C12H11FN2O. The predicted octanol–water partition coefficient (Wildman–Crippen LogP) is 2.17. The molecule has 2 heterocycles. The van der Waals surface area contributed by atoms with E-state index in [1.54, 1.807) is 18.4 Å². The molecule has 1 aromatic carbocycles. The molecule has 1 fully saturated rings. The number of oxazole rings is 1. The summed E-state index contributed by atoms with van der Waals surface area (Å²) in [5.74, 6) is 0.763. The fourth-order valence-corrected chi connectivity index (χ4v) is 1.70. The second-order valence-corrected chi connectivity index (χ2v) is 3.94. The van der Waals surface area contributed by atoms with Gasteiger partial charge in [0, 0.05) is 24.6 Å². The number of rotatable bonds is 2. The fourth-order valence-electron chi connectivity index (χ4n) is 1.70. The van der Waals surface area contributed by atoms with E-state index < -0.39 is 0 Å². The zero-order chi connectivity index (χ0) is 11.0. The molecule has 0 aliphatic carbocycles. The normalized spacial score (nSPS) is 16.1. The lowest BCUT2D eigenvalue weighted by Gasteiger charge is -2.24. The third-order valence-electron chi connectivity index (χ3n) is 2.81. The Bertz CT molecular complexity index is 488. The van der Waals surface area contributed by atoms with E-state index in [4.69, 9.17) is 4.42 Å². The molecule has 1 saturated heterocycles. The van der Waals surface area contributed by atoms with Crippen LogP contribution in [0.25, 0.3) is 11.5 Å². The summed E-state index contributed by atoms with van der Waals surface area (Å²) in [6.07, 6.45) is 1.68. The van der Waals surface area contributed by atoms with Crippen molar-refractivity contribution in [3.05, 3.63) is 42.0 Å². The van der Waals surface area contributed by atoms with Gasteiger partial charge >= 0.3 is 0 Å². The molecule has 0 unspecified atom stereocenters. The highest BCUT2D eigenvalue weighted by atomic mass is 19.1. The van der Waals surface area contributed by atoms with E-state index in [9.17, 15) is 4.39 Å². The summed E-state index contributed by atoms with van der Waals surface area (Å²) in [6.45, 7) is 1.91. The summed E-state index contributed by atoms with van der Waals surface area (Å²) in [7, 11) is 0. The van der Waals surface area contributed by atoms with E-state index in [-0.39, 0.29) is 5.82 Å². The molecule has 1 N–H and O–H groups in total. The van der Waals surface area contributed by atoms with Crippen molar-refractivity contribution < 1.29 is 8.81 Å². The number of hydrogen-bond donors (Lipinski definition) is 1. The van der Waals surface area contributed by atoms with Crippen molar-refractivity contribution in [3.8, 4) is 11.5 Å². The molecule has 0 spiro atoms. The van der Waals surface area contributed by atoms with E-state index in [2.05, 4.69) is 10.3 Å². The second-order valence-electron chi connectivity index (χ2n) is 3.94. The van der Waals surface area contributed by atoms with Gasteiger partial charge in [0.2, 0.25) is 5.89 Å². The van der Waals surface area contributed by atoms with Crippen LogP contribution < -0.4 is 5.32 Å². The van der Waals surface area contributed by atoms with Crippen LogP contribution in [0.15, 0.2) is 34.9 Å². The van der Waals surface area contributed by atoms with Gasteiger partial charge in [-0.1, -0.05) is 0 Å². The third-order valence-corrected chi connectivity index (χ3v) is 2.81. The first-order valence-corrected chi connectivity index (χ1v) is 5.25. The topological polar surface area (TPSA) is 38.1 Å². The van der Waals surface area contributed by atoms with Crippen molar-refractivity contribution in [2.24, 2.45) is 0 Å². The zero-order valence-electron chi connectivity index (χ0n) is 8.61. The van der Waals surface area contributed by atoms with Crippen LogP contribution in [-0.4, -0.2) is 18.1 Å². The molecule has 0 radical (unpaired) electrons. The van der Waals surface area contributed by atoms with Crippen molar-refractivity contribution in [1.29, 1.82) is 0 Å². The van der Waals surface area contributed by atoms with Crippen molar-refractivity contribution in [2.75, 3.05) is 13.1 Å². The summed E-state index contributed by atoms with van der Waals surface area (Å²) in [5, 5.41) is 3.18. The van der Waals surface area contributed by atoms with Gasteiger partial charge in [-0.05, 0) is 24.3 Å². The Labute approximate surface area is 92.3 Å². The molecule has 1 aliphatic rings. The highest BCUT2D eigenvalue weighted by Crippen LogP contribution is 2.24. The molecule has 0 atom stereocenters. The van der Waals surface area contributed by atoms with Crippen molar-refractivity contribution in [1.82, 2.24) is 10.3 Å². The zero-order valence-corrected chi connectivity index (χ0v) is 8.61. The molecule has 4 heteroatoms. The molecule has 1 aliphatic heterocycles. The molecule has 16 heavy (non-hydrogen) atoms. The van der Waals surface area contributed by atoms with Gasteiger partial charge in [0.05, 0.1) is 5.69 Å². The SMILES string of the molecule is Fc1ccc(-c2nc(C3CNC3)co2)cc1. The van der Waals surface area contributed by atoms with Crippen LogP contribution in [0.5, 0.6) is 0 Å². The van der Waals surface area contributed by atoms with Gasteiger partial charge in [0.15, 0.2) is 0 Å². The van der Waals surface area contributed by atoms with Crippen LogP contribution in [0.4, 0.5) is 4.39 Å². The van der Waals surface area contributed by atoms with Gasteiger partial charge in [-0.15, -0.1) is 0 Å². The van der Waals surface area contributed by atoms with Crippen LogP contribution in [0.1, 0.15) is 11.6 Å². The van der Waals surface area contributed by atoms with Crippen molar-refractivity contribution in [2.45, 2.75) is 5.92 Å². The van der Waals surface area contributed by atoms with Gasteiger partial charge < -0.3 is 9.73 Å². The molecule has 0 amide bonds. The third kappa shape index (κ3) is 1.61. The molecule has 82 valence electrons. The number of nitrogens with one attached hydrogen (secondary N) is 1. The highest BCUT2D eigenvalue weighted by molar-refractivity contribution is 5.53. The largest absolute Gasteiger partial charge is 0.444 e. The van der Waals surface area contributed by atoms with Crippen LogP contribution in [0.2, 0.25) is 0 Å². The monoisotopic (exact) mass is 218 g/mol. The maximum absolute atomic E-state index is 12.7. The maximum atomic E-state index is 12.7. The first-order chi connectivity index (χ1) is 7.83. The van der Waals surface area contributed by atoms with E-state index >= 15 is 0 Å². The Morgan fingerprint density at radius 1 is 1.25 bits per heavy atom. The smallest absolute Gasteiger partial charge is 0.226 e. The van der Waals surface area contributed by atoms with Gasteiger partial charge in [-0.2, -0.15) is 0 Å². The molecule has 0 bridgehead atoms. The van der Waals surface area contributed by atoms with Crippen molar-refractivity contribution >= 4 is 0 Å². The predicted molar refractivity (Wildman–Crippen MR) is 57.5 cm³/mol. The number of benzene rings is 1. The summed E-state index contributed by atoms with van der Waals surface area (Å²) < 4.78 is 18.1. The quantitative estimate of drug-likeness (QED) is 0.839. The molecule has 1 aromatic heterocycles. The molecule has 2 aromatic rings. The standard InChI is InChI=1S/C12H11FN2O/c13-10-3-1-8(2-4-10)12-15-11(7-16-12)9-5-14-6-9/h1-4,7,9,14H,5-6H2. The molecule has 3 rings (SSSR count). The summed E-state index contributed by atoms with van der Waals surface area (Å²) in [5.41, 5.74) is 1.78. The first kappa shape index (κ1) is 9.54. The molecule has 3 nitrogen and oxygen atoms in total. The van der Waals surface area contributed by atoms with Gasteiger partial charge in [-0.25, -0.2) is 9.37 Å². The van der Waals surface area contributed by atoms with Gasteiger partial charge in [0.1, 0.15) is 12.1 Å². The Balaban J connectivity index is 1.88. The number of halogens is 1. The number of aromatic nitrogens is 1. The van der Waals surface area contributed by atoms with Gasteiger partial charge in [0.25, 0.3) is 0 Å². The lowest BCUT2D eigenvalue weighted by atomic mass is 10.0. The van der Waals surface area contributed by atoms with Crippen LogP contribution >= 0.6 is 0 Å². The minimum atomic E-state index is -0.251. The second kappa shape index (κ2) is 3.72. The van der Waals surface area contributed by atoms with Gasteiger partial charge in [-0.3, -0.25) is 0 Å².